The number of allylic oxidation sites excluding steroid dienone is 24. The maximum Gasteiger partial charge on any atom is 0.362 e. The molecular formula is C58H90NO7+. The number of hydrogen-bond acceptors (Lipinski definition) is 6. The van der Waals surface area contributed by atoms with E-state index in [0.717, 1.165) is 89.9 Å². The minimum Gasteiger partial charge on any atom is -0.477 e. The molecule has 0 heterocycles. The van der Waals surface area contributed by atoms with E-state index in [0.29, 0.717) is 19.3 Å². The molecule has 2 atom stereocenters. The van der Waals surface area contributed by atoms with E-state index in [2.05, 4.69) is 86.8 Å². The summed E-state index contributed by atoms with van der Waals surface area (Å²) in [5.41, 5.74) is 0. The highest BCUT2D eigenvalue weighted by molar-refractivity contribution is 5.72. The van der Waals surface area contributed by atoms with Crippen molar-refractivity contribution in [3.05, 3.63) is 146 Å². The summed E-state index contributed by atoms with van der Waals surface area (Å²) < 4.78 is 17.3. The zero-order chi connectivity index (χ0) is 48.4. The van der Waals surface area contributed by atoms with Gasteiger partial charge in [0.2, 0.25) is 0 Å². The fourth-order valence-corrected chi connectivity index (χ4v) is 6.39. The normalized spacial score (nSPS) is 14.1. The van der Waals surface area contributed by atoms with Crippen molar-refractivity contribution >= 4 is 17.9 Å². The van der Waals surface area contributed by atoms with Crippen molar-refractivity contribution in [2.75, 3.05) is 41.0 Å². The van der Waals surface area contributed by atoms with Crippen LogP contribution in [0.2, 0.25) is 0 Å². The molecule has 368 valence electrons. The highest BCUT2D eigenvalue weighted by Gasteiger charge is 2.31. The van der Waals surface area contributed by atoms with Gasteiger partial charge in [0.1, 0.15) is 6.61 Å². The molecule has 0 aliphatic carbocycles. The molecule has 0 saturated heterocycles. The summed E-state index contributed by atoms with van der Waals surface area (Å²) in [4.78, 5) is 37.2. The Morgan fingerprint density at radius 2 is 0.879 bits per heavy atom. The molecule has 0 bridgehead atoms. The Kier molecular flexibility index (Phi) is 43.3. The molecule has 0 fully saturated rings. The molecule has 0 saturated carbocycles. The van der Waals surface area contributed by atoms with E-state index >= 15 is 0 Å². The first-order valence-electron chi connectivity index (χ1n) is 25.0. The maximum absolute atomic E-state index is 12.8. The molecular weight excluding hydrogens is 823 g/mol. The van der Waals surface area contributed by atoms with Gasteiger partial charge in [0, 0.05) is 19.3 Å². The summed E-state index contributed by atoms with van der Waals surface area (Å²) in [5.74, 6) is -1.56. The Morgan fingerprint density at radius 3 is 1.38 bits per heavy atom. The lowest BCUT2D eigenvalue weighted by Crippen LogP contribution is -2.50. The topological polar surface area (TPSA) is 99.1 Å². The van der Waals surface area contributed by atoms with Crippen LogP contribution in [0.5, 0.6) is 0 Å². The third-order valence-electron chi connectivity index (χ3n) is 10.2. The summed E-state index contributed by atoms with van der Waals surface area (Å²) in [6.45, 7) is 4.39. The lowest BCUT2D eigenvalue weighted by molar-refractivity contribution is -0.887. The van der Waals surface area contributed by atoms with E-state index in [1.807, 2.05) is 94.1 Å². The molecule has 8 heteroatoms. The highest BCUT2D eigenvalue weighted by Crippen LogP contribution is 2.13. The highest BCUT2D eigenvalue weighted by atomic mass is 16.6. The van der Waals surface area contributed by atoms with Crippen molar-refractivity contribution in [3.8, 4) is 0 Å². The van der Waals surface area contributed by atoms with Crippen molar-refractivity contribution in [2.24, 2.45) is 0 Å². The van der Waals surface area contributed by atoms with Gasteiger partial charge in [-0.3, -0.25) is 9.59 Å². The average Bonchev–Trinajstić information content (AvgIpc) is 3.28. The predicted molar refractivity (Wildman–Crippen MR) is 279 cm³/mol. The first-order valence-corrected chi connectivity index (χ1v) is 25.0. The fraction of sp³-hybridized carbons (Fsp3) is 0.534. The van der Waals surface area contributed by atoms with Crippen molar-refractivity contribution in [1.82, 2.24) is 0 Å². The summed E-state index contributed by atoms with van der Waals surface area (Å²) in [7, 11) is 5.50. The number of quaternary nitrogens is 1. The minimum atomic E-state index is -0.891. The van der Waals surface area contributed by atoms with Crippen LogP contribution in [0.3, 0.4) is 0 Å². The van der Waals surface area contributed by atoms with Crippen molar-refractivity contribution in [1.29, 1.82) is 0 Å². The SMILES string of the molecule is CC/C=C/C=C/C=C/C=C/C=C/C=C/C=C/CCCCCC(=O)OCC(COCCC(C(=O)O)[N+](C)(C)C)OC(=O)CCCCCCCCC/C=C/C/C=C/C/C=C/C/C=C/C/C=C/CC. The van der Waals surface area contributed by atoms with Crippen LogP contribution < -0.4 is 0 Å². The number of esters is 2. The summed E-state index contributed by atoms with van der Waals surface area (Å²) in [6, 6.07) is -0.636. The summed E-state index contributed by atoms with van der Waals surface area (Å²) in [5, 5.41) is 9.65. The number of carbonyl (C=O) groups is 3. The van der Waals surface area contributed by atoms with Crippen LogP contribution in [0, 0.1) is 0 Å². The number of carboxylic acid groups (broad SMARTS) is 1. The molecule has 8 nitrogen and oxygen atoms in total. The van der Waals surface area contributed by atoms with Crippen LogP contribution in [0.1, 0.15) is 149 Å². The maximum atomic E-state index is 12.8. The van der Waals surface area contributed by atoms with Crippen molar-refractivity contribution < 1.29 is 38.2 Å². The van der Waals surface area contributed by atoms with E-state index in [1.54, 1.807) is 0 Å². The van der Waals surface area contributed by atoms with Gasteiger partial charge in [-0.1, -0.05) is 198 Å². The van der Waals surface area contributed by atoms with Gasteiger partial charge in [0.15, 0.2) is 12.1 Å². The van der Waals surface area contributed by atoms with E-state index < -0.39 is 18.1 Å². The Balaban J connectivity index is 4.42. The molecule has 0 aromatic rings. The number of rotatable bonds is 42. The van der Waals surface area contributed by atoms with Gasteiger partial charge in [-0.15, -0.1) is 0 Å². The second-order valence-corrected chi connectivity index (χ2v) is 17.1. The van der Waals surface area contributed by atoms with E-state index in [1.165, 1.54) is 19.3 Å². The molecule has 0 spiro atoms. The summed E-state index contributed by atoms with van der Waals surface area (Å²) >= 11 is 0. The van der Waals surface area contributed by atoms with Crippen LogP contribution >= 0.6 is 0 Å². The number of carboxylic acids is 1. The molecule has 0 radical (unpaired) electrons. The first kappa shape index (κ1) is 61.2. The number of carbonyl (C=O) groups excluding carboxylic acids is 2. The first-order chi connectivity index (χ1) is 32.1. The van der Waals surface area contributed by atoms with Gasteiger partial charge in [-0.2, -0.15) is 0 Å². The van der Waals surface area contributed by atoms with Crippen molar-refractivity contribution in [3.63, 3.8) is 0 Å². The van der Waals surface area contributed by atoms with Gasteiger partial charge < -0.3 is 23.8 Å². The number of nitrogens with zero attached hydrogens (tertiary/aromatic N) is 1. The van der Waals surface area contributed by atoms with Gasteiger partial charge in [-0.05, 0) is 77.0 Å². The van der Waals surface area contributed by atoms with Gasteiger partial charge in [0.25, 0.3) is 0 Å². The molecule has 0 aliphatic rings. The largest absolute Gasteiger partial charge is 0.477 e. The van der Waals surface area contributed by atoms with E-state index in [-0.39, 0.29) is 42.7 Å². The third-order valence-corrected chi connectivity index (χ3v) is 10.2. The predicted octanol–water partition coefficient (Wildman–Crippen LogP) is 14.5. The van der Waals surface area contributed by atoms with Gasteiger partial charge in [0.05, 0.1) is 34.4 Å². The van der Waals surface area contributed by atoms with E-state index in [4.69, 9.17) is 14.2 Å². The van der Waals surface area contributed by atoms with Crippen LogP contribution in [-0.4, -0.2) is 80.6 Å². The van der Waals surface area contributed by atoms with Crippen molar-refractivity contribution in [2.45, 2.75) is 161 Å². The molecule has 0 amide bonds. The Bertz CT molecular complexity index is 1580. The smallest absolute Gasteiger partial charge is 0.362 e. The fourth-order valence-electron chi connectivity index (χ4n) is 6.39. The van der Waals surface area contributed by atoms with Crippen LogP contribution in [0.4, 0.5) is 0 Å². The molecule has 0 aromatic heterocycles. The zero-order valence-corrected chi connectivity index (χ0v) is 41.8. The monoisotopic (exact) mass is 913 g/mol. The van der Waals surface area contributed by atoms with Crippen LogP contribution in [0.15, 0.2) is 146 Å². The number of ether oxygens (including phenoxy) is 3. The Hall–Kier alpha value is -4.79. The van der Waals surface area contributed by atoms with E-state index in [9.17, 15) is 19.5 Å². The molecule has 66 heavy (non-hydrogen) atoms. The Labute approximate surface area is 402 Å². The molecule has 0 rings (SSSR count). The average molecular weight is 913 g/mol. The van der Waals surface area contributed by atoms with Crippen LogP contribution in [-0.2, 0) is 28.6 Å². The van der Waals surface area contributed by atoms with Gasteiger partial charge in [-0.25, -0.2) is 4.79 Å². The molecule has 0 aliphatic heterocycles. The number of likely N-dealkylation sites (N-methyl/N-ethyl adjacent to an activating group) is 1. The Morgan fingerprint density at radius 1 is 0.470 bits per heavy atom. The van der Waals surface area contributed by atoms with Gasteiger partial charge >= 0.3 is 17.9 Å². The number of aliphatic carboxylic acids is 1. The quantitative estimate of drug-likeness (QED) is 0.0214. The molecule has 1 N–H and O–H groups in total. The third kappa shape index (κ3) is 44.4. The minimum absolute atomic E-state index is 0.0297. The number of unbranched alkanes of at least 4 members (excludes halogenated alkanes) is 10. The lowest BCUT2D eigenvalue weighted by atomic mass is 10.1. The molecule has 2 unspecified atom stereocenters. The zero-order valence-electron chi connectivity index (χ0n) is 41.8. The second-order valence-electron chi connectivity index (χ2n) is 17.1. The number of hydrogen-bond donors (Lipinski definition) is 1. The summed E-state index contributed by atoms with van der Waals surface area (Å²) in [6.07, 6.45) is 68.9. The molecule has 0 aromatic carbocycles. The second kappa shape index (κ2) is 46.7. The standard InChI is InChI=1S/C58H89NO7/c1-6-8-10-12-14-16-18-20-22-24-26-27-28-29-31-33-35-37-39-41-43-45-47-49-57(61)66-54(52-64-51-50-55(58(62)63)59(3,4)5)53-65-56(60)48-46-44-42-40-38-36-34-32-30-25-23-21-19-17-15-13-11-9-7-2/h8-11,13-17,19-23,25-27,29-32,34,36,38,54-55H,6-7,12,18,24,28,33,35,37,39-53H2,1-5H3/p+1/b10-8+,11-9+,15-13+,16-14+,19-17+,22-20+,23-21+,27-26+,30-25+,31-29+,34-32+,38-36+. The lowest BCUT2D eigenvalue weighted by Gasteiger charge is -2.31. The van der Waals surface area contributed by atoms with Crippen LogP contribution in [0.25, 0.3) is 0 Å².